The van der Waals surface area contributed by atoms with Gasteiger partial charge in [0, 0.05) is 17.6 Å². The number of aliphatic hydroxyl groups is 1. The number of ether oxygens (including phenoxy) is 4. The molecule has 1 heterocycles. The summed E-state index contributed by atoms with van der Waals surface area (Å²) < 4.78 is 22.9. The first-order chi connectivity index (χ1) is 12.0. The third-order valence-corrected chi connectivity index (χ3v) is 5.22. The van der Waals surface area contributed by atoms with E-state index >= 15 is 0 Å². The highest BCUT2D eigenvalue weighted by Gasteiger charge is 2.54. The molecule has 2 aliphatic rings. The van der Waals surface area contributed by atoms with Crippen LogP contribution in [0.15, 0.2) is 24.0 Å². The second kappa shape index (κ2) is 7.36. The maximum atomic E-state index is 11.5. The molecule has 5 unspecified atom stereocenters. The monoisotopic (exact) mass is 364 g/mol. The van der Waals surface area contributed by atoms with Gasteiger partial charge in [-0.2, -0.15) is 0 Å². The van der Waals surface area contributed by atoms with Gasteiger partial charge >= 0.3 is 0 Å². The standard InChI is InChI=1S/C21H32O5/c1-9-20(8,26-15(4)23-10-2)11-12-21(22)14(3)18-17(13-19(21,6)7)24-16(5)25-18/h9,15-17,22H,1,10,13H2,2-8H3. The average Bonchev–Trinajstić information content (AvgIpc) is 2.91. The van der Waals surface area contributed by atoms with E-state index in [1.807, 2.05) is 48.5 Å². The summed E-state index contributed by atoms with van der Waals surface area (Å²) in [4.78, 5) is 0. The molecule has 0 bridgehead atoms. The van der Waals surface area contributed by atoms with E-state index < -0.39 is 22.9 Å². The molecular weight excluding hydrogens is 332 g/mol. The molecule has 0 aromatic rings. The summed E-state index contributed by atoms with van der Waals surface area (Å²) in [6, 6.07) is 0. The molecule has 0 spiro atoms. The van der Waals surface area contributed by atoms with Gasteiger partial charge in [0.15, 0.2) is 18.2 Å². The summed E-state index contributed by atoms with van der Waals surface area (Å²) in [5.41, 5.74) is -2.11. The van der Waals surface area contributed by atoms with Crippen LogP contribution in [-0.2, 0) is 18.9 Å². The Morgan fingerprint density at radius 3 is 2.73 bits per heavy atom. The van der Waals surface area contributed by atoms with E-state index in [1.165, 1.54) is 0 Å². The molecular formula is C21H32O5. The minimum atomic E-state index is -1.35. The molecule has 26 heavy (non-hydrogen) atoms. The van der Waals surface area contributed by atoms with Crippen LogP contribution in [0, 0.1) is 17.3 Å². The van der Waals surface area contributed by atoms with E-state index in [1.54, 1.807) is 6.08 Å². The third kappa shape index (κ3) is 3.84. The van der Waals surface area contributed by atoms with Gasteiger partial charge in [-0.15, -0.1) is 0 Å². The molecule has 1 saturated heterocycles. The normalized spacial score (nSPS) is 33.4. The van der Waals surface area contributed by atoms with Crippen LogP contribution >= 0.6 is 0 Å². The van der Waals surface area contributed by atoms with Gasteiger partial charge in [-0.25, -0.2) is 0 Å². The summed E-state index contributed by atoms with van der Waals surface area (Å²) in [7, 11) is 0. The first-order valence-electron chi connectivity index (χ1n) is 9.21. The zero-order valence-corrected chi connectivity index (χ0v) is 17.0. The summed E-state index contributed by atoms with van der Waals surface area (Å²) in [6.07, 6.45) is 1.36. The van der Waals surface area contributed by atoms with Gasteiger partial charge in [0.05, 0.1) is 0 Å². The SMILES string of the molecule is C=CC(C)(C#CC1(O)C(C)=C2OC(C)OC2CC1(C)C)OC(C)OCC. The summed E-state index contributed by atoms with van der Waals surface area (Å²) >= 11 is 0. The predicted molar refractivity (Wildman–Crippen MR) is 100 cm³/mol. The fourth-order valence-corrected chi connectivity index (χ4v) is 3.56. The van der Waals surface area contributed by atoms with Crippen LogP contribution in [0.3, 0.4) is 0 Å². The first kappa shape index (κ1) is 21.0. The highest BCUT2D eigenvalue weighted by atomic mass is 16.7. The molecule has 2 rings (SSSR count). The van der Waals surface area contributed by atoms with Crippen molar-refractivity contribution < 1.29 is 24.1 Å². The van der Waals surface area contributed by atoms with Crippen molar-refractivity contribution in [3.05, 3.63) is 24.0 Å². The van der Waals surface area contributed by atoms with Gasteiger partial charge in [0.25, 0.3) is 0 Å². The minimum Gasteiger partial charge on any atom is -0.467 e. The quantitative estimate of drug-likeness (QED) is 0.459. The number of hydrogen-bond acceptors (Lipinski definition) is 5. The van der Waals surface area contributed by atoms with Gasteiger partial charge in [0.2, 0.25) is 0 Å². The highest BCUT2D eigenvalue weighted by molar-refractivity contribution is 5.42. The van der Waals surface area contributed by atoms with Crippen LogP contribution in [-0.4, -0.2) is 41.6 Å². The molecule has 0 saturated carbocycles. The first-order valence-corrected chi connectivity index (χ1v) is 9.21. The van der Waals surface area contributed by atoms with Crippen molar-refractivity contribution in [3.63, 3.8) is 0 Å². The van der Waals surface area contributed by atoms with E-state index in [2.05, 4.69) is 18.4 Å². The molecule has 5 heteroatoms. The Balaban J connectivity index is 2.39. The van der Waals surface area contributed by atoms with Crippen molar-refractivity contribution in [1.29, 1.82) is 0 Å². The molecule has 5 atom stereocenters. The summed E-state index contributed by atoms with van der Waals surface area (Å²) in [5, 5.41) is 11.5. The van der Waals surface area contributed by atoms with Crippen LogP contribution in [0.25, 0.3) is 0 Å². The third-order valence-electron chi connectivity index (χ3n) is 5.22. The second-order valence-corrected chi connectivity index (χ2v) is 7.80. The van der Waals surface area contributed by atoms with Crippen LogP contribution < -0.4 is 0 Å². The Bertz CT molecular complexity index is 641. The van der Waals surface area contributed by atoms with Crippen LogP contribution in [0.2, 0.25) is 0 Å². The number of rotatable bonds is 5. The van der Waals surface area contributed by atoms with Crippen molar-refractivity contribution in [2.45, 2.75) is 84.8 Å². The van der Waals surface area contributed by atoms with Crippen molar-refractivity contribution in [2.24, 2.45) is 5.41 Å². The van der Waals surface area contributed by atoms with Crippen LogP contribution in [0.4, 0.5) is 0 Å². The largest absolute Gasteiger partial charge is 0.467 e. The zero-order chi connectivity index (χ0) is 19.8. The molecule has 0 aromatic heterocycles. The maximum absolute atomic E-state index is 11.5. The highest BCUT2D eigenvalue weighted by Crippen LogP contribution is 2.50. The van der Waals surface area contributed by atoms with E-state index in [-0.39, 0.29) is 12.4 Å². The van der Waals surface area contributed by atoms with Crippen LogP contribution in [0.5, 0.6) is 0 Å². The lowest BCUT2D eigenvalue weighted by atomic mass is 9.64. The molecule has 1 fully saturated rings. The Hall–Kier alpha value is -1.32. The molecule has 5 nitrogen and oxygen atoms in total. The topological polar surface area (TPSA) is 57.2 Å². The van der Waals surface area contributed by atoms with Gasteiger partial charge in [0.1, 0.15) is 17.5 Å². The predicted octanol–water partition coefficient (Wildman–Crippen LogP) is 3.53. The van der Waals surface area contributed by atoms with Gasteiger partial charge in [-0.1, -0.05) is 32.3 Å². The van der Waals surface area contributed by atoms with E-state index in [0.29, 0.717) is 24.4 Å². The summed E-state index contributed by atoms with van der Waals surface area (Å²) in [6.45, 7) is 17.6. The molecule has 1 aliphatic carbocycles. The van der Waals surface area contributed by atoms with E-state index in [0.717, 1.165) is 0 Å². The number of hydrogen-bond donors (Lipinski definition) is 1. The lowest BCUT2D eigenvalue weighted by Gasteiger charge is -2.45. The summed E-state index contributed by atoms with van der Waals surface area (Å²) in [5.74, 6) is 6.83. The minimum absolute atomic E-state index is 0.137. The van der Waals surface area contributed by atoms with Gasteiger partial charge < -0.3 is 24.1 Å². The molecule has 146 valence electrons. The van der Waals surface area contributed by atoms with E-state index in [4.69, 9.17) is 18.9 Å². The molecule has 1 N–H and O–H groups in total. The molecule has 0 aromatic carbocycles. The fraction of sp³-hybridized carbons (Fsp3) is 0.714. The van der Waals surface area contributed by atoms with Gasteiger partial charge in [-0.05, 0) is 47.1 Å². The molecule has 1 aliphatic heterocycles. The zero-order valence-electron chi connectivity index (χ0n) is 17.0. The Morgan fingerprint density at radius 1 is 1.50 bits per heavy atom. The van der Waals surface area contributed by atoms with Crippen molar-refractivity contribution >= 4 is 0 Å². The Morgan fingerprint density at radius 2 is 2.15 bits per heavy atom. The van der Waals surface area contributed by atoms with Crippen LogP contribution in [0.1, 0.15) is 54.9 Å². The van der Waals surface area contributed by atoms with Gasteiger partial charge in [-0.3, -0.25) is 0 Å². The average molecular weight is 364 g/mol. The number of fused-ring (bicyclic) bond motifs is 1. The Labute approximate surface area is 157 Å². The second-order valence-electron chi connectivity index (χ2n) is 7.80. The lowest BCUT2D eigenvalue weighted by Crippen LogP contribution is -2.51. The molecule has 0 radical (unpaired) electrons. The lowest BCUT2D eigenvalue weighted by molar-refractivity contribution is -0.161. The van der Waals surface area contributed by atoms with E-state index in [9.17, 15) is 5.11 Å². The smallest absolute Gasteiger partial charge is 0.197 e. The fourth-order valence-electron chi connectivity index (χ4n) is 3.56. The van der Waals surface area contributed by atoms with Crippen molar-refractivity contribution in [2.75, 3.05) is 6.61 Å². The Kier molecular flexibility index (Phi) is 5.94. The van der Waals surface area contributed by atoms with Crippen molar-refractivity contribution in [1.82, 2.24) is 0 Å². The van der Waals surface area contributed by atoms with Crippen molar-refractivity contribution in [3.8, 4) is 11.8 Å². The molecule has 0 amide bonds. The maximum Gasteiger partial charge on any atom is 0.197 e.